The number of hydrogen-bond donors (Lipinski definition) is 0. The third kappa shape index (κ3) is 2.90. The van der Waals surface area contributed by atoms with Gasteiger partial charge in [-0.15, -0.1) is 0 Å². The van der Waals surface area contributed by atoms with E-state index in [1.807, 2.05) is 17.9 Å². The van der Waals surface area contributed by atoms with Crippen molar-refractivity contribution in [2.75, 3.05) is 32.8 Å². The van der Waals surface area contributed by atoms with Crippen LogP contribution in [-0.2, 0) is 11.3 Å². The summed E-state index contributed by atoms with van der Waals surface area (Å²) in [6, 6.07) is 2.92. The lowest BCUT2D eigenvalue weighted by atomic mass is 10.00. The minimum Gasteiger partial charge on any atom is -0.381 e. The molecule has 2 aliphatic rings. The Hall–Kier alpha value is -1.40. The van der Waals surface area contributed by atoms with Gasteiger partial charge in [-0.3, -0.25) is 14.4 Å². The molecule has 1 amide bonds. The van der Waals surface area contributed by atoms with Gasteiger partial charge in [0.25, 0.3) is 5.91 Å². The van der Waals surface area contributed by atoms with Gasteiger partial charge in [-0.2, -0.15) is 5.10 Å². The van der Waals surface area contributed by atoms with E-state index in [4.69, 9.17) is 4.74 Å². The molecule has 6 heteroatoms. The first-order chi connectivity index (χ1) is 10.7. The molecule has 22 heavy (non-hydrogen) atoms. The number of hydrogen-bond acceptors (Lipinski definition) is 4. The number of ether oxygens (including phenoxy) is 1. The number of carbonyl (C=O) groups excluding carboxylic acids is 1. The van der Waals surface area contributed by atoms with Crippen molar-refractivity contribution in [3.63, 3.8) is 0 Å². The number of aromatic nitrogens is 2. The van der Waals surface area contributed by atoms with Crippen LogP contribution in [0.4, 0.5) is 0 Å². The quantitative estimate of drug-likeness (QED) is 0.821. The molecule has 6 nitrogen and oxygen atoms in total. The normalized spacial score (nSPS) is 20.4. The third-order valence-electron chi connectivity index (χ3n) is 4.88. The van der Waals surface area contributed by atoms with Gasteiger partial charge in [-0.25, -0.2) is 0 Å². The minimum atomic E-state index is 0.110. The van der Waals surface area contributed by atoms with Crippen LogP contribution in [0.2, 0.25) is 0 Å². The molecule has 0 atom stereocenters. The first-order valence-electron chi connectivity index (χ1n) is 8.39. The number of nitrogens with zero attached hydrogens (tertiary/aromatic N) is 4. The summed E-state index contributed by atoms with van der Waals surface area (Å²) in [5.41, 5.74) is 0.704. The fourth-order valence-electron chi connectivity index (χ4n) is 3.59. The molecule has 3 rings (SSSR count). The summed E-state index contributed by atoms with van der Waals surface area (Å²) in [5, 5.41) is 4.19. The number of rotatable bonds is 5. The number of aryl methyl sites for hydroxylation is 1. The van der Waals surface area contributed by atoms with Gasteiger partial charge in [0.15, 0.2) is 0 Å². The van der Waals surface area contributed by atoms with Gasteiger partial charge in [0.05, 0.1) is 0 Å². The fourth-order valence-corrected chi connectivity index (χ4v) is 3.59. The Morgan fingerprint density at radius 3 is 2.68 bits per heavy atom. The second-order valence-electron chi connectivity index (χ2n) is 6.07. The molecule has 1 aromatic heterocycles. The summed E-state index contributed by atoms with van der Waals surface area (Å²) >= 11 is 0. The van der Waals surface area contributed by atoms with Gasteiger partial charge in [-0.1, -0.05) is 6.92 Å². The van der Waals surface area contributed by atoms with E-state index in [-0.39, 0.29) is 5.91 Å². The molecule has 2 fully saturated rings. The average Bonchev–Trinajstić information content (AvgIpc) is 2.99. The molecule has 0 aliphatic carbocycles. The first kappa shape index (κ1) is 15.5. The van der Waals surface area contributed by atoms with Crippen LogP contribution >= 0.6 is 0 Å². The SMILES string of the molecule is CCN(C1CCOCC1)C1CN(C(=O)c2ccnn2CC)C1. The van der Waals surface area contributed by atoms with Gasteiger partial charge >= 0.3 is 0 Å². The van der Waals surface area contributed by atoms with Crippen LogP contribution in [0.3, 0.4) is 0 Å². The number of amides is 1. The van der Waals surface area contributed by atoms with Gasteiger partial charge in [0.2, 0.25) is 0 Å². The molecule has 0 saturated carbocycles. The van der Waals surface area contributed by atoms with E-state index in [1.54, 1.807) is 10.9 Å². The summed E-state index contributed by atoms with van der Waals surface area (Å²) in [6.45, 7) is 9.40. The van der Waals surface area contributed by atoms with Crippen LogP contribution in [0.1, 0.15) is 37.2 Å². The molecule has 122 valence electrons. The molecule has 0 unspecified atom stereocenters. The van der Waals surface area contributed by atoms with E-state index in [0.717, 1.165) is 52.2 Å². The zero-order valence-electron chi connectivity index (χ0n) is 13.6. The molecule has 1 aromatic rings. The van der Waals surface area contributed by atoms with E-state index >= 15 is 0 Å². The number of carbonyl (C=O) groups is 1. The average molecular weight is 306 g/mol. The van der Waals surface area contributed by atoms with E-state index in [0.29, 0.717) is 17.8 Å². The molecule has 0 bridgehead atoms. The summed E-state index contributed by atoms with van der Waals surface area (Å²) in [4.78, 5) is 17.0. The van der Waals surface area contributed by atoms with E-state index in [9.17, 15) is 4.79 Å². The summed E-state index contributed by atoms with van der Waals surface area (Å²) in [6.07, 6.45) is 3.93. The van der Waals surface area contributed by atoms with Gasteiger partial charge in [0, 0.05) is 51.1 Å². The Bertz CT molecular complexity index is 504. The summed E-state index contributed by atoms with van der Waals surface area (Å²) in [7, 11) is 0. The van der Waals surface area contributed by atoms with Gasteiger partial charge in [-0.05, 0) is 32.4 Å². The number of likely N-dealkylation sites (N-methyl/N-ethyl adjacent to an activating group) is 1. The molecule has 2 aliphatic heterocycles. The lowest BCUT2D eigenvalue weighted by Gasteiger charge is -2.48. The Kier molecular flexibility index (Phi) is 4.78. The van der Waals surface area contributed by atoms with Crippen molar-refractivity contribution in [2.45, 2.75) is 45.3 Å². The summed E-state index contributed by atoms with van der Waals surface area (Å²) in [5.74, 6) is 0.110. The van der Waals surface area contributed by atoms with Crippen LogP contribution in [0.5, 0.6) is 0 Å². The maximum Gasteiger partial charge on any atom is 0.272 e. The highest BCUT2D eigenvalue weighted by Gasteiger charge is 2.38. The largest absolute Gasteiger partial charge is 0.381 e. The topological polar surface area (TPSA) is 50.6 Å². The fraction of sp³-hybridized carbons (Fsp3) is 0.750. The second-order valence-corrected chi connectivity index (χ2v) is 6.07. The highest BCUT2D eigenvalue weighted by molar-refractivity contribution is 5.93. The zero-order chi connectivity index (χ0) is 15.5. The molecule has 0 radical (unpaired) electrons. The Labute approximate surface area is 132 Å². The summed E-state index contributed by atoms with van der Waals surface area (Å²) < 4.78 is 7.23. The Morgan fingerprint density at radius 2 is 2.05 bits per heavy atom. The predicted molar refractivity (Wildman–Crippen MR) is 83.8 cm³/mol. The van der Waals surface area contributed by atoms with E-state index < -0.39 is 0 Å². The molecule has 0 spiro atoms. The Morgan fingerprint density at radius 1 is 1.32 bits per heavy atom. The number of likely N-dealkylation sites (tertiary alicyclic amines) is 1. The molecule has 3 heterocycles. The van der Waals surface area contributed by atoms with E-state index in [2.05, 4.69) is 16.9 Å². The van der Waals surface area contributed by atoms with Crippen molar-refractivity contribution in [2.24, 2.45) is 0 Å². The van der Waals surface area contributed by atoms with Crippen molar-refractivity contribution in [1.82, 2.24) is 19.6 Å². The molecular weight excluding hydrogens is 280 g/mol. The van der Waals surface area contributed by atoms with Crippen LogP contribution in [0.15, 0.2) is 12.3 Å². The smallest absolute Gasteiger partial charge is 0.272 e. The zero-order valence-corrected chi connectivity index (χ0v) is 13.6. The highest BCUT2D eigenvalue weighted by Crippen LogP contribution is 2.24. The lowest BCUT2D eigenvalue weighted by molar-refractivity contribution is -0.0225. The van der Waals surface area contributed by atoms with Gasteiger partial charge in [0.1, 0.15) is 5.69 Å². The van der Waals surface area contributed by atoms with Crippen molar-refractivity contribution in [3.8, 4) is 0 Å². The van der Waals surface area contributed by atoms with Crippen LogP contribution in [0.25, 0.3) is 0 Å². The molecule has 2 saturated heterocycles. The van der Waals surface area contributed by atoms with Crippen LogP contribution in [0, 0.1) is 0 Å². The van der Waals surface area contributed by atoms with Gasteiger partial charge < -0.3 is 9.64 Å². The Balaban J connectivity index is 1.57. The first-order valence-corrected chi connectivity index (χ1v) is 8.39. The van der Waals surface area contributed by atoms with Crippen molar-refractivity contribution >= 4 is 5.91 Å². The predicted octanol–water partition coefficient (Wildman–Crippen LogP) is 1.23. The molecule has 0 aromatic carbocycles. The standard InChI is InChI=1S/C16H26N4O2/c1-3-19(13-6-9-22-10-7-13)14-11-18(12-14)16(21)15-5-8-17-20(15)4-2/h5,8,13-14H,3-4,6-7,9-12H2,1-2H3. The lowest BCUT2D eigenvalue weighted by Crippen LogP contribution is -2.63. The van der Waals surface area contributed by atoms with Crippen LogP contribution < -0.4 is 0 Å². The molecule has 0 N–H and O–H groups in total. The second kappa shape index (κ2) is 6.79. The maximum absolute atomic E-state index is 12.5. The molecular formula is C16H26N4O2. The third-order valence-corrected chi connectivity index (χ3v) is 4.88. The van der Waals surface area contributed by atoms with Crippen molar-refractivity contribution < 1.29 is 9.53 Å². The van der Waals surface area contributed by atoms with Crippen molar-refractivity contribution in [3.05, 3.63) is 18.0 Å². The highest BCUT2D eigenvalue weighted by atomic mass is 16.5. The maximum atomic E-state index is 12.5. The van der Waals surface area contributed by atoms with Crippen LogP contribution in [-0.4, -0.2) is 70.4 Å². The monoisotopic (exact) mass is 306 g/mol. The van der Waals surface area contributed by atoms with Crippen molar-refractivity contribution in [1.29, 1.82) is 0 Å². The van der Waals surface area contributed by atoms with E-state index in [1.165, 1.54) is 0 Å². The minimum absolute atomic E-state index is 0.110.